The Morgan fingerprint density at radius 1 is 1.53 bits per heavy atom. The number of carboxylic acid groups (broad SMARTS) is 1. The lowest BCUT2D eigenvalue weighted by Gasteiger charge is -2.13. The van der Waals surface area contributed by atoms with Gasteiger partial charge in [0.05, 0.1) is 6.54 Å². The molecule has 1 aromatic heterocycles. The zero-order valence-electron chi connectivity index (χ0n) is 11.1. The van der Waals surface area contributed by atoms with Crippen LogP contribution in [0.1, 0.15) is 36.1 Å². The monoisotopic (exact) mass is 285 g/mol. The van der Waals surface area contributed by atoms with Crippen LogP contribution in [0, 0.1) is 6.92 Å². The molecule has 19 heavy (non-hydrogen) atoms. The molecule has 0 aliphatic carbocycles. The van der Waals surface area contributed by atoms with Crippen LogP contribution >= 0.6 is 11.3 Å². The van der Waals surface area contributed by atoms with E-state index in [1.165, 1.54) is 0 Å². The fourth-order valence-electron chi connectivity index (χ4n) is 1.55. The van der Waals surface area contributed by atoms with Crippen LogP contribution in [0.5, 0.6) is 0 Å². The summed E-state index contributed by atoms with van der Waals surface area (Å²) in [5, 5.41) is 14.9. The van der Waals surface area contributed by atoms with Gasteiger partial charge in [0.15, 0.2) is 0 Å². The van der Waals surface area contributed by atoms with E-state index in [1.54, 1.807) is 17.5 Å². The van der Waals surface area contributed by atoms with Gasteiger partial charge in [-0.2, -0.15) is 0 Å². The lowest BCUT2D eigenvalue weighted by atomic mass is 10.1. The van der Waals surface area contributed by atoms with Gasteiger partial charge in [0.2, 0.25) is 0 Å². The van der Waals surface area contributed by atoms with Crippen molar-refractivity contribution in [2.75, 3.05) is 0 Å². The Bertz CT molecular complexity index is 434. The van der Waals surface area contributed by atoms with Crippen molar-refractivity contribution in [3.05, 3.63) is 16.1 Å². The van der Waals surface area contributed by atoms with Crippen molar-refractivity contribution in [3.63, 3.8) is 0 Å². The van der Waals surface area contributed by atoms with Gasteiger partial charge in [-0.1, -0.05) is 0 Å². The maximum absolute atomic E-state index is 11.6. The molecule has 1 heterocycles. The molecule has 1 rings (SSSR count). The van der Waals surface area contributed by atoms with E-state index in [9.17, 15) is 9.59 Å². The third-order valence-corrected chi connectivity index (χ3v) is 3.39. The number of aromatic nitrogens is 1. The molecule has 0 spiro atoms. The SMILES string of the molecule is Cc1cnc(CNC(=O)NC(C)CCCC(=O)O)s1. The fraction of sp³-hybridized carbons (Fsp3) is 0.583. The van der Waals surface area contributed by atoms with Crippen LogP contribution in [0.4, 0.5) is 4.79 Å². The first-order valence-corrected chi connectivity index (χ1v) is 6.96. The molecule has 106 valence electrons. The first kappa shape index (κ1) is 15.4. The summed E-state index contributed by atoms with van der Waals surface area (Å²) in [6.07, 6.45) is 3.11. The van der Waals surface area contributed by atoms with Crippen molar-refractivity contribution in [1.82, 2.24) is 15.6 Å². The van der Waals surface area contributed by atoms with Crippen molar-refractivity contribution in [3.8, 4) is 0 Å². The van der Waals surface area contributed by atoms with Gasteiger partial charge in [-0.05, 0) is 26.7 Å². The van der Waals surface area contributed by atoms with Crippen LogP contribution in [-0.2, 0) is 11.3 Å². The van der Waals surface area contributed by atoms with Crippen LogP contribution in [-0.4, -0.2) is 28.1 Å². The van der Waals surface area contributed by atoms with E-state index in [0.29, 0.717) is 19.4 Å². The average molecular weight is 285 g/mol. The molecule has 1 aromatic rings. The molecule has 0 aromatic carbocycles. The zero-order valence-corrected chi connectivity index (χ0v) is 11.9. The quantitative estimate of drug-likeness (QED) is 0.713. The molecule has 0 fully saturated rings. The van der Waals surface area contributed by atoms with Gasteiger partial charge in [0.25, 0.3) is 0 Å². The molecular formula is C12H19N3O3S. The first-order valence-electron chi connectivity index (χ1n) is 6.15. The molecule has 1 atom stereocenters. The molecular weight excluding hydrogens is 266 g/mol. The van der Waals surface area contributed by atoms with Gasteiger partial charge in [0.1, 0.15) is 5.01 Å². The van der Waals surface area contributed by atoms with Crippen LogP contribution in [0.3, 0.4) is 0 Å². The smallest absolute Gasteiger partial charge is 0.315 e. The zero-order chi connectivity index (χ0) is 14.3. The normalized spacial score (nSPS) is 11.9. The third-order valence-electron chi connectivity index (χ3n) is 2.47. The van der Waals surface area contributed by atoms with E-state index in [4.69, 9.17) is 5.11 Å². The Hall–Kier alpha value is -1.63. The maximum Gasteiger partial charge on any atom is 0.315 e. The Labute approximate surface area is 116 Å². The molecule has 6 nitrogen and oxygen atoms in total. The summed E-state index contributed by atoms with van der Waals surface area (Å²) in [6.45, 7) is 4.23. The largest absolute Gasteiger partial charge is 0.481 e. The Balaban J connectivity index is 2.17. The average Bonchev–Trinajstić information content (AvgIpc) is 2.72. The summed E-state index contributed by atoms with van der Waals surface area (Å²) in [6, 6.07) is -0.298. The number of nitrogens with one attached hydrogen (secondary N) is 2. The predicted octanol–water partition coefficient (Wildman–Crippen LogP) is 1.89. The standard InChI is InChI=1S/C12H19N3O3S/c1-8(4-3-5-11(16)17)15-12(18)14-7-10-13-6-9(2)19-10/h6,8H,3-5,7H2,1-2H3,(H,16,17)(H2,14,15,18). The number of nitrogens with zero attached hydrogens (tertiary/aromatic N) is 1. The van der Waals surface area contributed by atoms with E-state index >= 15 is 0 Å². The highest BCUT2D eigenvalue weighted by atomic mass is 32.1. The predicted molar refractivity (Wildman–Crippen MR) is 73.2 cm³/mol. The minimum atomic E-state index is -0.809. The number of thiazole rings is 1. The van der Waals surface area contributed by atoms with Gasteiger partial charge in [0, 0.05) is 23.5 Å². The second-order valence-corrected chi connectivity index (χ2v) is 5.70. The fourth-order valence-corrected chi connectivity index (χ4v) is 2.27. The van der Waals surface area contributed by atoms with Crippen molar-refractivity contribution < 1.29 is 14.7 Å². The van der Waals surface area contributed by atoms with E-state index in [2.05, 4.69) is 15.6 Å². The lowest BCUT2D eigenvalue weighted by molar-refractivity contribution is -0.137. The molecule has 7 heteroatoms. The molecule has 0 bridgehead atoms. The van der Waals surface area contributed by atoms with Crippen molar-refractivity contribution in [2.24, 2.45) is 0 Å². The Morgan fingerprint density at radius 2 is 2.26 bits per heavy atom. The summed E-state index contributed by atoms with van der Waals surface area (Å²) in [7, 11) is 0. The van der Waals surface area contributed by atoms with E-state index in [0.717, 1.165) is 9.88 Å². The van der Waals surface area contributed by atoms with Crippen LogP contribution in [0.15, 0.2) is 6.20 Å². The van der Waals surface area contributed by atoms with Gasteiger partial charge < -0.3 is 15.7 Å². The number of aryl methyl sites for hydroxylation is 1. The van der Waals surface area contributed by atoms with Gasteiger partial charge >= 0.3 is 12.0 Å². The molecule has 0 aliphatic heterocycles. The second kappa shape index (κ2) is 7.73. The van der Waals surface area contributed by atoms with Gasteiger partial charge in [-0.25, -0.2) is 9.78 Å². The Kier molecular flexibility index (Phi) is 6.27. The van der Waals surface area contributed by atoms with Gasteiger partial charge in [-0.3, -0.25) is 4.79 Å². The Morgan fingerprint density at radius 3 is 2.84 bits per heavy atom. The summed E-state index contributed by atoms with van der Waals surface area (Å²) in [5.74, 6) is -0.809. The lowest BCUT2D eigenvalue weighted by Crippen LogP contribution is -2.40. The highest BCUT2D eigenvalue weighted by Crippen LogP contribution is 2.10. The van der Waals surface area contributed by atoms with Crippen LogP contribution < -0.4 is 10.6 Å². The molecule has 1 unspecified atom stereocenters. The number of carbonyl (C=O) groups is 2. The summed E-state index contributed by atoms with van der Waals surface area (Å²) >= 11 is 1.55. The first-order chi connectivity index (χ1) is 8.97. The molecule has 0 saturated carbocycles. The number of carbonyl (C=O) groups excluding carboxylic acids is 1. The molecule has 0 aliphatic rings. The van der Waals surface area contributed by atoms with Gasteiger partial charge in [-0.15, -0.1) is 11.3 Å². The van der Waals surface area contributed by atoms with Crippen LogP contribution in [0.25, 0.3) is 0 Å². The summed E-state index contributed by atoms with van der Waals surface area (Å²) in [5.41, 5.74) is 0. The summed E-state index contributed by atoms with van der Waals surface area (Å²) in [4.78, 5) is 27.2. The molecule has 3 N–H and O–H groups in total. The number of hydrogen-bond acceptors (Lipinski definition) is 4. The minimum Gasteiger partial charge on any atom is -0.481 e. The second-order valence-electron chi connectivity index (χ2n) is 4.38. The van der Waals surface area contributed by atoms with Crippen molar-refractivity contribution in [2.45, 2.75) is 45.7 Å². The van der Waals surface area contributed by atoms with Crippen molar-refractivity contribution in [1.29, 1.82) is 0 Å². The van der Waals surface area contributed by atoms with Crippen molar-refractivity contribution >= 4 is 23.3 Å². The van der Waals surface area contributed by atoms with E-state index in [-0.39, 0.29) is 18.5 Å². The number of aliphatic carboxylic acids is 1. The number of carboxylic acids is 1. The van der Waals surface area contributed by atoms with E-state index < -0.39 is 5.97 Å². The summed E-state index contributed by atoms with van der Waals surface area (Å²) < 4.78 is 0. The minimum absolute atomic E-state index is 0.0441. The topological polar surface area (TPSA) is 91.3 Å². The molecule has 0 saturated heterocycles. The number of amides is 2. The van der Waals surface area contributed by atoms with Crippen LogP contribution in [0.2, 0.25) is 0 Å². The van der Waals surface area contributed by atoms with E-state index in [1.807, 2.05) is 13.8 Å². The molecule has 0 radical (unpaired) electrons. The highest BCUT2D eigenvalue weighted by molar-refractivity contribution is 7.11. The number of rotatable bonds is 7. The number of urea groups is 1. The molecule has 2 amide bonds. The maximum atomic E-state index is 11.6. The highest BCUT2D eigenvalue weighted by Gasteiger charge is 2.08. The third kappa shape index (κ3) is 6.76. The number of hydrogen-bond donors (Lipinski definition) is 3.